The molecule has 0 aliphatic carbocycles. The third-order valence-corrected chi connectivity index (χ3v) is 7.97. The highest BCUT2D eigenvalue weighted by molar-refractivity contribution is 7.89. The van der Waals surface area contributed by atoms with Crippen molar-refractivity contribution >= 4 is 21.7 Å². The normalized spacial score (nSPS) is 24.5. The van der Waals surface area contributed by atoms with Crippen LogP contribution in [0.15, 0.2) is 23.2 Å². The number of hydrogen-bond donors (Lipinski definition) is 0. The Bertz CT molecular complexity index is 802. The minimum Gasteiger partial charge on any atom is -0.378 e. The molecule has 1 amide bonds. The summed E-state index contributed by atoms with van der Waals surface area (Å²) >= 11 is 0. The minimum atomic E-state index is -3.47. The number of carbonyl (C=O) groups is 1. The van der Waals surface area contributed by atoms with Gasteiger partial charge in [-0.05, 0) is 37.8 Å². The molecule has 0 N–H and O–H groups in total. The molecule has 1 aromatic rings. The van der Waals surface area contributed by atoms with Gasteiger partial charge in [0.25, 0.3) is 0 Å². The zero-order chi connectivity index (χ0) is 20.3. The highest BCUT2D eigenvalue weighted by Crippen LogP contribution is 2.26. The Labute approximate surface area is 172 Å². The second-order valence-electron chi connectivity index (χ2n) is 8.04. The Morgan fingerprint density at radius 1 is 1.00 bits per heavy atom. The van der Waals surface area contributed by atoms with E-state index in [1.54, 1.807) is 16.4 Å². The lowest BCUT2D eigenvalue weighted by Crippen LogP contribution is -2.48. The standard InChI is InChI=1S/C20H30N4O4S/c25-20(22-11-13-28-14-12-22)17-5-4-8-23(16-17)19-7-6-18(15-21-19)29(26,27)24-9-2-1-3-10-24/h6-7,15,17H,1-5,8-14,16H2. The molecule has 4 rings (SSSR count). The Hall–Kier alpha value is -1.71. The molecule has 0 spiro atoms. The van der Waals surface area contributed by atoms with Crippen molar-refractivity contribution in [2.45, 2.75) is 37.0 Å². The molecule has 0 saturated carbocycles. The minimum absolute atomic E-state index is 0.0413. The van der Waals surface area contributed by atoms with Gasteiger partial charge in [-0.15, -0.1) is 0 Å². The molecule has 8 nitrogen and oxygen atoms in total. The van der Waals surface area contributed by atoms with Gasteiger partial charge in [-0.3, -0.25) is 4.79 Å². The number of sulfonamides is 1. The van der Waals surface area contributed by atoms with Gasteiger partial charge < -0.3 is 14.5 Å². The molecular formula is C20H30N4O4S. The molecule has 9 heteroatoms. The zero-order valence-corrected chi connectivity index (χ0v) is 17.6. The van der Waals surface area contributed by atoms with Crippen molar-refractivity contribution in [3.63, 3.8) is 0 Å². The highest BCUT2D eigenvalue weighted by Gasteiger charge is 2.31. The number of morpholine rings is 1. The SMILES string of the molecule is O=C(C1CCCN(c2ccc(S(=O)(=O)N3CCCCC3)cn2)C1)N1CCOCC1. The van der Waals surface area contributed by atoms with Crippen molar-refractivity contribution < 1.29 is 17.9 Å². The molecule has 1 aromatic heterocycles. The van der Waals surface area contributed by atoms with Gasteiger partial charge in [0, 0.05) is 45.5 Å². The molecule has 0 bridgehead atoms. The molecule has 1 unspecified atom stereocenters. The van der Waals surface area contributed by atoms with Crippen LogP contribution in [0.4, 0.5) is 5.82 Å². The van der Waals surface area contributed by atoms with Crippen molar-refractivity contribution in [3.05, 3.63) is 18.3 Å². The molecule has 3 aliphatic heterocycles. The van der Waals surface area contributed by atoms with E-state index in [2.05, 4.69) is 9.88 Å². The van der Waals surface area contributed by atoms with E-state index < -0.39 is 10.0 Å². The van der Waals surface area contributed by atoms with Gasteiger partial charge in [-0.2, -0.15) is 4.31 Å². The van der Waals surface area contributed by atoms with Crippen molar-refractivity contribution in [1.82, 2.24) is 14.2 Å². The van der Waals surface area contributed by atoms with Gasteiger partial charge >= 0.3 is 0 Å². The smallest absolute Gasteiger partial charge is 0.244 e. The fourth-order valence-corrected chi connectivity index (χ4v) is 5.86. The number of aromatic nitrogens is 1. The van der Waals surface area contributed by atoms with Crippen LogP contribution in [0.25, 0.3) is 0 Å². The lowest BCUT2D eigenvalue weighted by Gasteiger charge is -2.36. The quantitative estimate of drug-likeness (QED) is 0.728. The van der Waals surface area contributed by atoms with Crippen LogP contribution in [0.3, 0.4) is 0 Å². The maximum Gasteiger partial charge on any atom is 0.244 e. The van der Waals surface area contributed by atoms with Crippen LogP contribution < -0.4 is 4.90 Å². The van der Waals surface area contributed by atoms with Gasteiger partial charge in [-0.1, -0.05) is 6.42 Å². The van der Waals surface area contributed by atoms with Crippen LogP contribution >= 0.6 is 0 Å². The predicted molar refractivity (Wildman–Crippen MR) is 109 cm³/mol. The largest absolute Gasteiger partial charge is 0.378 e. The summed E-state index contributed by atoms with van der Waals surface area (Å²) in [7, 11) is -3.47. The second-order valence-corrected chi connectivity index (χ2v) is 9.98. The lowest BCUT2D eigenvalue weighted by atomic mass is 9.96. The average molecular weight is 423 g/mol. The maximum atomic E-state index is 12.8. The van der Waals surface area contributed by atoms with E-state index in [1.165, 1.54) is 6.20 Å². The molecule has 0 radical (unpaired) electrons. The zero-order valence-electron chi connectivity index (χ0n) is 16.8. The Kier molecular flexibility index (Phi) is 6.36. The molecule has 160 valence electrons. The van der Waals surface area contributed by atoms with Crippen LogP contribution in [-0.4, -0.2) is 81.0 Å². The monoisotopic (exact) mass is 422 g/mol. The van der Waals surface area contributed by atoms with Crippen LogP contribution in [0.5, 0.6) is 0 Å². The highest BCUT2D eigenvalue weighted by atomic mass is 32.2. The number of rotatable bonds is 4. The van der Waals surface area contributed by atoms with E-state index >= 15 is 0 Å². The number of piperidine rings is 2. The predicted octanol–water partition coefficient (Wildman–Crippen LogP) is 1.33. The number of carbonyl (C=O) groups excluding carboxylic acids is 1. The Morgan fingerprint density at radius 3 is 2.45 bits per heavy atom. The molecule has 4 heterocycles. The topological polar surface area (TPSA) is 83.1 Å². The van der Waals surface area contributed by atoms with E-state index in [9.17, 15) is 13.2 Å². The fourth-order valence-electron chi connectivity index (χ4n) is 4.40. The second kappa shape index (κ2) is 8.97. The van der Waals surface area contributed by atoms with Crippen LogP contribution in [0.1, 0.15) is 32.1 Å². The first-order valence-corrected chi connectivity index (χ1v) is 12.1. The van der Waals surface area contributed by atoms with Gasteiger partial charge in [0.05, 0.1) is 19.1 Å². The number of nitrogens with zero attached hydrogens (tertiary/aromatic N) is 4. The summed E-state index contributed by atoms with van der Waals surface area (Å²) in [6, 6.07) is 3.43. The maximum absolute atomic E-state index is 12.8. The Balaban J connectivity index is 1.42. The van der Waals surface area contributed by atoms with Crippen molar-refractivity contribution in [2.24, 2.45) is 5.92 Å². The fraction of sp³-hybridized carbons (Fsp3) is 0.700. The first-order valence-electron chi connectivity index (χ1n) is 10.6. The summed E-state index contributed by atoms with van der Waals surface area (Å²) in [5.41, 5.74) is 0. The number of anilines is 1. The molecule has 0 aromatic carbocycles. The summed E-state index contributed by atoms with van der Waals surface area (Å²) < 4.78 is 32.5. The number of ether oxygens (including phenoxy) is 1. The van der Waals surface area contributed by atoms with E-state index in [4.69, 9.17) is 4.74 Å². The first kappa shape index (κ1) is 20.6. The summed E-state index contributed by atoms with van der Waals surface area (Å²) in [5.74, 6) is 0.893. The van der Waals surface area contributed by atoms with Crippen LogP contribution in [0.2, 0.25) is 0 Å². The number of pyridine rings is 1. The van der Waals surface area contributed by atoms with Crippen LogP contribution in [-0.2, 0) is 19.6 Å². The van der Waals surface area contributed by atoms with Gasteiger partial charge in [0.2, 0.25) is 15.9 Å². The van der Waals surface area contributed by atoms with Crippen molar-refractivity contribution in [1.29, 1.82) is 0 Å². The molecule has 1 atom stereocenters. The summed E-state index contributed by atoms with van der Waals surface area (Å²) in [4.78, 5) is 21.5. The van der Waals surface area contributed by atoms with Crippen molar-refractivity contribution in [2.75, 3.05) is 57.4 Å². The van der Waals surface area contributed by atoms with E-state index in [0.29, 0.717) is 45.9 Å². The molecule has 3 fully saturated rings. The molecule has 3 aliphatic rings. The molecule has 29 heavy (non-hydrogen) atoms. The van der Waals surface area contributed by atoms with E-state index in [-0.39, 0.29) is 16.7 Å². The van der Waals surface area contributed by atoms with E-state index in [0.717, 1.165) is 44.5 Å². The van der Waals surface area contributed by atoms with Crippen LogP contribution in [0, 0.1) is 5.92 Å². The molecular weight excluding hydrogens is 392 g/mol. The molecule has 3 saturated heterocycles. The number of hydrogen-bond acceptors (Lipinski definition) is 6. The summed E-state index contributed by atoms with van der Waals surface area (Å²) in [6.45, 7) is 5.17. The van der Waals surface area contributed by atoms with Gasteiger partial charge in [-0.25, -0.2) is 13.4 Å². The lowest BCUT2D eigenvalue weighted by molar-refractivity contribution is -0.139. The van der Waals surface area contributed by atoms with E-state index in [1.807, 2.05) is 4.90 Å². The average Bonchev–Trinajstić information content (AvgIpc) is 2.80. The Morgan fingerprint density at radius 2 is 1.76 bits per heavy atom. The van der Waals surface area contributed by atoms with Gasteiger partial charge in [0.1, 0.15) is 10.7 Å². The summed E-state index contributed by atoms with van der Waals surface area (Å²) in [5, 5.41) is 0. The number of amides is 1. The summed E-state index contributed by atoms with van der Waals surface area (Å²) in [6.07, 6.45) is 6.19. The first-order chi connectivity index (χ1) is 14.1. The van der Waals surface area contributed by atoms with Crippen molar-refractivity contribution in [3.8, 4) is 0 Å². The third kappa shape index (κ3) is 4.57. The van der Waals surface area contributed by atoms with Gasteiger partial charge in [0.15, 0.2) is 0 Å². The third-order valence-electron chi connectivity index (χ3n) is 6.09.